The lowest BCUT2D eigenvalue weighted by Gasteiger charge is -2.20. The molecule has 100 valence electrons. The van der Waals surface area contributed by atoms with Crippen LogP contribution < -0.4 is 5.32 Å². The summed E-state index contributed by atoms with van der Waals surface area (Å²) in [5.41, 5.74) is 2.61. The fourth-order valence-corrected chi connectivity index (χ4v) is 2.15. The molecule has 1 heterocycles. The highest BCUT2D eigenvalue weighted by atomic mass is 127. The summed E-state index contributed by atoms with van der Waals surface area (Å²) in [4.78, 5) is 6.66. The van der Waals surface area contributed by atoms with Crippen LogP contribution in [0.1, 0.15) is 24.0 Å². The molecular formula is C14H22IN3. The topological polar surface area (TPSA) is 27.6 Å². The van der Waals surface area contributed by atoms with Gasteiger partial charge in [-0.2, -0.15) is 0 Å². The molecule has 0 amide bonds. The van der Waals surface area contributed by atoms with Crippen molar-refractivity contribution in [3.8, 4) is 0 Å². The molecule has 0 atom stereocenters. The first kappa shape index (κ1) is 15.3. The van der Waals surface area contributed by atoms with Crippen molar-refractivity contribution >= 4 is 29.9 Å². The first-order valence-corrected chi connectivity index (χ1v) is 6.31. The number of hydrogen-bond donors (Lipinski definition) is 1. The summed E-state index contributed by atoms with van der Waals surface area (Å²) in [6, 6.07) is 8.63. The largest absolute Gasteiger partial charge is 0.352 e. The number of nitrogens with zero attached hydrogens (tertiary/aromatic N) is 2. The van der Waals surface area contributed by atoms with Crippen molar-refractivity contribution in [2.24, 2.45) is 4.99 Å². The molecule has 4 heteroatoms. The maximum absolute atomic E-state index is 4.33. The lowest BCUT2D eigenvalue weighted by atomic mass is 10.1. The second kappa shape index (κ2) is 7.61. The highest BCUT2D eigenvalue weighted by Crippen LogP contribution is 2.08. The van der Waals surface area contributed by atoms with Crippen molar-refractivity contribution in [3.05, 3.63) is 35.4 Å². The van der Waals surface area contributed by atoms with Gasteiger partial charge >= 0.3 is 0 Å². The average Bonchev–Trinajstić information content (AvgIpc) is 2.86. The summed E-state index contributed by atoms with van der Waals surface area (Å²) in [5.74, 6) is 1.03. The lowest BCUT2D eigenvalue weighted by molar-refractivity contribution is 0.493. The number of hydrogen-bond acceptors (Lipinski definition) is 1. The molecule has 18 heavy (non-hydrogen) atoms. The molecule has 2 rings (SSSR count). The SMILES string of the molecule is CN=C(NCc1ccc(C)cc1)N1CCCC1.I. The Morgan fingerprint density at radius 1 is 1.22 bits per heavy atom. The minimum absolute atomic E-state index is 0. The van der Waals surface area contributed by atoms with Crippen molar-refractivity contribution in [3.63, 3.8) is 0 Å². The van der Waals surface area contributed by atoms with E-state index in [9.17, 15) is 0 Å². The van der Waals surface area contributed by atoms with Crippen LogP contribution in [-0.2, 0) is 6.54 Å². The number of nitrogens with one attached hydrogen (secondary N) is 1. The molecule has 0 radical (unpaired) electrons. The number of benzene rings is 1. The van der Waals surface area contributed by atoms with Gasteiger partial charge in [0.05, 0.1) is 0 Å². The third kappa shape index (κ3) is 4.15. The van der Waals surface area contributed by atoms with Crippen molar-refractivity contribution in [2.45, 2.75) is 26.3 Å². The molecule has 0 aliphatic carbocycles. The molecule has 0 bridgehead atoms. The summed E-state index contributed by atoms with van der Waals surface area (Å²) in [6.45, 7) is 5.23. The van der Waals surface area contributed by atoms with Crippen molar-refractivity contribution in [1.29, 1.82) is 0 Å². The van der Waals surface area contributed by atoms with Gasteiger partial charge in [-0.15, -0.1) is 24.0 Å². The fraction of sp³-hybridized carbons (Fsp3) is 0.500. The zero-order chi connectivity index (χ0) is 12.1. The first-order chi connectivity index (χ1) is 8.29. The van der Waals surface area contributed by atoms with Crippen LogP contribution in [0.5, 0.6) is 0 Å². The molecule has 1 aromatic carbocycles. The molecule has 1 aliphatic heterocycles. The van der Waals surface area contributed by atoms with Crippen molar-refractivity contribution < 1.29 is 0 Å². The number of likely N-dealkylation sites (tertiary alicyclic amines) is 1. The van der Waals surface area contributed by atoms with Crippen molar-refractivity contribution in [1.82, 2.24) is 10.2 Å². The normalized spacial score (nSPS) is 15.4. The molecule has 1 aromatic rings. The van der Waals surface area contributed by atoms with Gasteiger partial charge < -0.3 is 10.2 Å². The molecule has 1 saturated heterocycles. The summed E-state index contributed by atoms with van der Waals surface area (Å²) >= 11 is 0. The van der Waals surface area contributed by atoms with Crippen LogP contribution in [0.4, 0.5) is 0 Å². The second-order valence-corrected chi connectivity index (χ2v) is 4.58. The highest BCUT2D eigenvalue weighted by Gasteiger charge is 2.14. The van der Waals surface area contributed by atoms with Gasteiger partial charge in [0.15, 0.2) is 5.96 Å². The van der Waals surface area contributed by atoms with E-state index in [4.69, 9.17) is 0 Å². The average molecular weight is 359 g/mol. The molecule has 0 spiro atoms. The van der Waals surface area contributed by atoms with Gasteiger partial charge in [0.1, 0.15) is 0 Å². The van der Waals surface area contributed by atoms with Gasteiger partial charge in [-0.05, 0) is 25.3 Å². The van der Waals surface area contributed by atoms with E-state index in [2.05, 4.69) is 46.4 Å². The van der Waals surface area contributed by atoms with Crippen LogP contribution in [0.25, 0.3) is 0 Å². The number of aliphatic imine (C=N–C) groups is 1. The quantitative estimate of drug-likeness (QED) is 0.500. The van der Waals surface area contributed by atoms with E-state index in [0.717, 1.165) is 25.6 Å². The molecule has 1 aliphatic rings. The Morgan fingerprint density at radius 2 is 1.83 bits per heavy atom. The number of halogens is 1. The number of guanidine groups is 1. The molecule has 1 fully saturated rings. The minimum atomic E-state index is 0. The van der Waals surface area contributed by atoms with Crippen LogP contribution in [0.3, 0.4) is 0 Å². The Balaban J connectivity index is 0.00000162. The van der Waals surface area contributed by atoms with Crippen LogP contribution in [0.15, 0.2) is 29.3 Å². The summed E-state index contributed by atoms with van der Waals surface area (Å²) in [7, 11) is 1.86. The standard InChI is InChI=1S/C14H21N3.HI/c1-12-5-7-13(8-6-12)11-16-14(15-2)17-9-3-4-10-17;/h5-8H,3-4,9-11H2,1-2H3,(H,15,16);1H. The van der Waals surface area contributed by atoms with E-state index in [1.165, 1.54) is 24.0 Å². The Kier molecular flexibility index (Phi) is 6.46. The number of aryl methyl sites for hydroxylation is 1. The molecule has 3 nitrogen and oxygen atoms in total. The van der Waals surface area contributed by atoms with Crippen LogP contribution >= 0.6 is 24.0 Å². The van der Waals surface area contributed by atoms with Gasteiger partial charge in [-0.3, -0.25) is 4.99 Å². The molecule has 0 saturated carbocycles. The number of rotatable bonds is 2. The van der Waals surface area contributed by atoms with E-state index in [1.807, 2.05) is 7.05 Å². The summed E-state index contributed by atoms with van der Waals surface area (Å²) < 4.78 is 0. The van der Waals surface area contributed by atoms with Crippen molar-refractivity contribution in [2.75, 3.05) is 20.1 Å². The van der Waals surface area contributed by atoms with E-state index in [0.29, 0.717) is 0 Å². The predicted octanol–water partition coefficient (Wildman–Crippen LogP) is 2.78. The van der Waals surface area contributed by atoms with Crippen LogP contribution in [0.2, 0.25) is 0 Å². The van der Waals surface area contributed by atoms with Crippen LogP contribution in [0, 0.1) is 6.92 Å². The monoisotopic (exact) mass is 359 g/mol. The Morgan fingerprint density at radius 3 is 2.39 bits per heavy atom. The predicted molar refractivity (Wildman–Crippen MR) is 87.6 cm³/mol. The third-order valence-corrected chi connectivity index (χ3v) is 3.19. The Labute approximate surface area is 127 Å². The molecule has 0 unspecified atom stereocenters. The van der Waals surface area contributed by atoms with Gasteiger partial charge in [-0.1, -0.05) is 29.8 Å². The third-order valence-electron chi connectivity index (χ3n) is 3.19. The van der Waals surface area contributed by atoms with Crippen LogP contribution in [-0.4, -0.2) is 31.0 Å². The minimum Gasteiger partial charge on any atom is -0.352 e. The van der Waals surface area contributed by atoms with E-state index >= 15 is 0 Å². The smallest absolute Gasteiger partial charge is 0.193 e. The maximum atomic E-state index is 4.33. The van der Waals surface area contributed by atoms with E-state index in [1.54, 1.807) is 0 Å². The zero-order valence-electron chi connectivity index (χ0n) is 11.1. The van der Waals surface area contributed by atoms with Gasteiger partial charge in [0.25, 0.3) is 0 Å². The van der Waals surface area contributed by atoms with E-state index < -0.39 is 0 Å². The van der Waals surface area contributed by atoms with Gasteiger partial charge in [0.2, 0.25) is 0 Å². The summed E-state index contributed by atoms with van der Waals surface area (Å²) in [5, 5.41) is 3.42. The zero-order valence-corrected chi connectivity index (χ0v) is 13.5. The lowest BCUT2D eigenvalue weighted by Crippen LogP contribution is -2.39. The Hall–Kier alpha value is -0.780. The highest BCUT2D eigenvalue weighted by molar-refractivity contribution is 14.0. The second-order valence-electron chi connectivity index (χ2n) is 4.58. The maximum Gasteiger partial charge on any atom is 0.193 e. The summed E-state index contributed by atoms with van der Waals surface area (Å²) in [6.07, 6.45) is 2.57. The molecule has 1 N–H and O–H groups in total. The molecular weight excluding hydrogens is 337 g/mol. The first-order valence-electron chi connectivity index (χ1n) is 6.31. The van der Waals surface area contributed by atoms with Gasteiger partial charge in [-0.25, -0.2) is 0 Å². The Bertz CT molecular complexity index is 381. The fourth-order valence-electron chi connectivity index (χ4n) is 2.15. The molecule has 0 aromatic heterocycles. The van der Waals surface area contributed by atoms with Gasteiger partial charge in [0, 0.05) is 26.7 Å². The van der Waals surface area contributed by atoms with E-state index in [-0.39, 0.29) is 24.0 Å².